The number of ether oxygens (including phenoxy) is 1. The third-order valence-corrected chi connectivity index (χ3v) is 3.36. The SMILES string of the molecule is CC(C)(C)c1ccc(OCC(=O)N/N=C/c2cccc(O)c2)cc1. The van der Waals surface area contributed by atoms with Crippen molar-refractivity contribution in [1.82, 2.24) is 5.43 Å². The molecular formula is C19H22N2O3. The maximum Gasteiger partial charge on any atom is 0.277 e. The van der Waals surface area contributed by atoms with E-state index in [0.29, 0.717) is 11.3 Å². The number of hydrogen-bond acceptors (Lipinski definition) is 4. The maximum atomic E-state index is 11.7. The number of nitrogens with zero attached hydrogens (tertiary/aromatic N) is 1. The normalized spacial score (nSPS) is 11.5. The molecule has 2 aromatic rings. The van der Waals surface area contributed by atoms with E-state index in [1.807, 2.05) is 24.3 Å². The highest BCUT2D eigenvalue weighted by Gasteiger charge is 2.13. The number of carbonyl (C=O) groups excluding carboxylic acids is 1. The highest BCUT2D eigenvalue weighted by molar-refractivity contribution is 5.83. The number of hydrazone groups is 1. The summed E-state index contributed by atoms with van der Waals surface area (Å²) in [6, 6.07) is 14.3. The fourth-order valence-corrected chi connectivity index (χ4v) is 2.02. The molecule has 0 unspecified atom stereocenters. The fourth-order valence-electron chi connectivity index (χ4n) is 2.02. The van der Waals surface area contributed by atoms with Crippen LogP contribution in [-0.4, -0.2) is 23.8 Å². The predicted molar refractivity (Wildman–Crippen MR) is 94.5 cm³/mol. The van der Waals surface area contributed by atoms with E-state index in [2.05, 4.69) is 31.3 Å². The van der Waals surface area contributed by atoms with Gasteiger partial charge in [-0.15, -0.1) is 0 Å². The lowest BCUT2D eigenvalue weighted by atomic mass is 9.87. The summed E-state index contributed by atoms with van der Waals surface area (Å²) in [4.78, 5) is 11.7. The molecule has 126 valence electrons. The van der Waals surface area contributed by atoms with E-state index in [-0.39, 0.29) is 23.7 Å². The highest BCUT2D eigenvalue weighted by Crippen LogP contribution is 2.24. The van der Waals surface area contributed by atoms with Crippen LogP contribution in [0.25, 0.3) is 0 Å². The number of hydrogen-bond donors (Lipinski definition) is 2. The standard InChI is InChI=1S/C19H22N2O3/c1-19(2,3)15-7-9-17(10-8-15)24-13-18(23)21-20-12-14-5-4-6-16(22)11-14/h4-12,22H,13H2,1-3H3,(H,21,23)/b20-12+. The van der Waals surface area contributed by atoms with Gasteiger partial charge in [0.25, 0.3) is 5.91 Å². The van der Waals surface area contributed by atoms with Crippen molar-refractivity contribution in [2.45, 2.75) is 26.2 Å². The van der Waals surface area contributed by atoms with E-state index < -0.39 is 0 Å². The van der Waals surface area contributed by atoms with Gasteiger partial charge >= 0.3 is 0 Å². The van der Waals surface area contributed by atoms with Crippen LogP contribution in [-0.2, 0) is 10.2 Å². The van der Waals surface area contributed by atoms with Crippen molar-refractivity contribution in [2.75, 3.05) is 6.61 Å². The number of amides is 1. The van der Waals surface area contributed by atoms with Crippen molar-refractivity contribution in [3.63, 3.8) is 0 Å². The van der Waals surface area contributed by atoms with Crippen molar-refractivity contribution < 1.29 is 14.6 Å². The summed E-state index contributed by atoms with van der Waals surface area (Å²) in [5, 5.41) is 13.2. The van der Waals surface area contributed by atoms with E-state index in [1.54, 1.807) is 24.3 Å². The molecule has 0 atom stereocenters. The smallest absolute Gasteiger partial charge is 0.277 e. The molecule has 0 saturated heterocycles. The first-order chi connectivity index (χ1) is 11.3. The lowest BCUT2D eigenvalue weighted by molar-refractivity contribution is -0.123. The van der Waals surface area contributed by atoms with Gasteiger partial charge in [0, 0.05) is 0 Å². The van der Waals surface area contributed by atoms with Crippen LogP contribution in [0.2, 0.25) is 0 Å². The van der Waals surface area contributed by atoms with Crippen LogP contribution in [0.15, 0.2) is 53.6 Å². The lowest BCUT2D eigenvalue weighted by Gasteiger charge is -2.19. The molecule has 24 heavy (non-hydrogen) atoms. The van der Waals surface area contributed by atoms with E-state index in [0.717, 1.165) is 0 Å². The summed E-state index contributed by atoms with van der Waals surface area (Å²) in [5.41, 5.74) is 4.35. The van der Waals surface area contributed by atoms with Crippen LogP contribution in [0, 0.1) is 0 Å². The molecule has 0 aliphatic heterocycles. The Balaban J connectivity index is 1.81. The first-order valence-corrected chi connectivity index (χ1v) is 7.69. The number of phenols is 1. The van der Waals surface area contributed by atoms with Gasteiger partial charge in [0.1, 0.15) is 11.5 Å². The number of carbonyl (C=O) groups is 1. The number of rotatable bonds is 5. The van der Waals surface area contributed by atoms with Gasteiger partial charge in [-0.2, -0.15) is 5.10 Å². The minimum atomic E-state index is -0.355. The maximum absolute atomic E-state index is 11.7. The van der Waals surface area contributed by atoms with Crippen molar-refractivity contribution in [1.29, 1.82) is 0 Å². The quantitative estimate of drug-likeness (QED) is 0.654. The molecule has 2 N–H and O–H groups in total. The third kappa shape index (κ3) is 5.43. The van der Waals surface area contributed by atoms with E-state index in [9.17, 15) is 9.90 Å². The molecule has 0 saturated carbocycles. The average molecular weight is 326 g/mol. The van der Waals surface area contributed by atoms with Crippen molar-refractivity contribution in [3.8, 4) is 11.5 Å². The Hall–Kier alpha value is -2.82. The van der Waals surface area contributed by atoms with Crippen LogP contribution in [0.3, 0.4) is 0 Å². The average Bonchev–Trinajstić information content (AvgIpc) is 2.52. The number of phenolic OH excluding ortho intramolecular Hbond substituents is 1. The molecule has 0 aliphatic rings. The van der Waals surface area contributed by atoms with Gasteiger partial charge in [0.2, 0.25) is 0 Å². The molecule has 0 spiro atoms. The minimum Gasteiger partial charge on any atom is -0.508 e. The van der Waals surface area contributed by atoms with E-state index in [4.69, 9.17) is 4.74 Å². The van der Waals surface area contributed by atoms with Crippen molar-refractivity contribution >= 4 is 12.1 Å². The molecule has 1 amide bonds. The molecule has 5 nitrogen and oxygen atoms in total. The van der Waals surface area contributed by atoms with Crippen LogP contribution in [0.4, 0.5) is 0 Å². The summed E-state index contributed by atoms with van der Waals surface area (Å²) < 4.78 is 5.43. The lowest BCUT2D eigenvalue weighted by Crippen LogP contribution is -2.24. The van der Waals surface area contributed by atoms with Crippen LogP contribution in [0.5, 0.6) is 11.5 Å². The summed E-state index contributed by atoms with van der Waals surface area (Å²) in [7, 11) is 0. The monoisotopic (exact) mass is 326 g/mol. The number of benzene rings is 2. The van der Waals surface area contributed by atoms with Crippen molar-refractivity contribution in [2.24, 2.45) is 5.10 Å². The van der Waals surface area contributed by atoms with E-state index >= 15 is 0 Å². The second-order valence-corrected chi connectivity index (χ2v) is 6.45. The molecule has 2 rings (SSSR count). The summed E-state index contributed by atoms with van der Waals surface area (Å²) >= 11 is 0. The molecule has 0 aliphatic carbocycles. The van der Waals surface area contributed by atoms with Crippen molar-refractivity contribution in [3.05, 3.63) is 59.7 Å². The number of nitrogens with one attached hydrogen (secondary N) is 1. The number of aromatic hydroxyl groups is 1. The molecular weight excluding hydrogens is 304 g/mol. The zero-order valence-electron chi connectivity index (χ0n) is 14.1. The van der Waals surface area contributed by atoms with E-state index in [1.165, 1.54) is 11.8 Å². The molecule has 0 fully saturated rings. The van der Waals surface area contributed by atoms with Gasteiger partial charge in [0.05, 0.1) is 6.21 Å². The minimum absolute atomic E-state index is 0.0799. The summed E-state index contributed by atoms with van der Waals surface area (Å²) in [6.07, 6.45) is 1.45. The van der Waals surface area contributed by atoms with Gasteiger partial charge in [-0.05, 0) is 40.8 Å². The largest absolute Gasteiger partial charge is 0.508 e. The molecule has 5 heteroatoms. The summed E-state index contributed by atoms with van der Waals surface area (Å²) in [6.45, 7) is 6.30. The third-order valence-electron chi connectivity index (χ3n) is 3.36. The first kappa shape index (κ1) is 17.5. The Morgan fingerprint density at radius 2 is 1.92 bits per heavy atom. The second kappa shape index (κ2) is 7.64. The molecule has 0 bridgehead atoms. The zero-order chi connectivity index (χ0) is 17.6. The molecule has 0 heterocycles. The van der Waals surface area contributed by atoms with Gasteiger partial charge in [-0.3, -0.25) is 4.79 Å². The van der Waals surface area contributed by atoms with Gasteiger partial charge in [0.15, 0.2) is 6.61 Å². The van der Waals surface area contributed by atoms with Crippen LogP contribution in [0.1, 0.15) is 31.9 Å². The Bertz CT molecular complexity index is 716. The Kier molecular flexibility index (Phi) is 5.58. The molecule has 0 aromatic heterocycles. The fraction of sp³-hybridized carbons (Fsp3) is 0.263. The second-order valence-electron chi connectivity index (χ2n) is 6.45. The molecule has 2 aromatic carbocycles. The predicted octanol–water partition coefficient (Wildman–Crippen LogP) is 3.22. The van der Waals surface area contributed by atoms with Crippen LogP contribution >= 0.6 is 0 Å². The summed E-state index contributed by atoms with van der Waals surface area (Å²) in [5.74, 6) is 0.425. The van der Waals surface area contributed by atoms with Gasteiger partial charge < -0.3 is 9.84 Å². The van der Waals surface area contributed by atoms with Crippen LogP contribution < -0.4 is 10.2 Å². The Morgan fingerprint density at radius 1 is 1.21 bits per heavy atom. The zero-order valence-corrected chi connectivity index (χ0v) is 14.1. The van der Waals surface area contributed by atoms with Gasteiger partial charge in [-0.1, -0.05) is 45.0 Å². The Morgan fingerprint density at radius 3 is 2.54 bits per heavy atom. The highest BCUT2D eigenvalue weighted by atomic mass is 16.5. The first-order valence-electron chi connectivity index (χ1n) is 7.69. The molecule has 0 radical (unpaired) electrons. The Labute approximate surface area is 142 Å². The topological polar surface area (TPSA) is 70.9 Å². The van der Waals surface area contributed by atoms with Gasteiger partial charge in [-0.25, -0.2) is 5.43 Å².